The lowest BCUT2D eigenvalue weighted by Crippen LogP contribution is -2.31. The number of allylic oxidation sites excluding steroid dienone is 2. The van der Waals surface area contributed by atoms with Crippen LogP contribution in [-0.2, 0) is 9.59 Å². The van der Waals surface area contributed by atoms with Crippen LogP contribution in [-0.4, -0.2) is 31.3 Å². The molecule has 1 fully saturated rings. The summed E-state index contributed by atoms with van der Waals surface area (Å²) in [6, 6.07) is 10.8. The van der Waals surface area contributed by atoms with Gasteiger partial charge in [-0.3, -0.25) is 14.5 Å². The molecule has 1 unspecified atom stereocenters. The molecule has 3 nitrogen and oxygen atoms in total. The standard InChI is InChI=1S/C19H27NO2Si/c1-23(2,3)14-10-5-4-9-13-20-18(21)15-17(19(20)22)16-11-7-6-8-12-16/h5-8,10-12,17H,4,9,13-15H2,1-3H3/b10-5-. The normalized spacial score (nSPS) is 19.1. The highest BCUT2D eigenvalue weighted by molar-refractivity contribution is 6.76. The summed E-state index contributed by atoms with van der Waals surface area (Å²) >= 11 is 0. The van der Waals surface area contributed by atoms with Crippen LogP contribution in [0, 0.1) is 0 Å². The first-order chi connectivity index (χ1) is 10.9. The topological polar surface area (TPSA) is 37.4 Å². The smallest absolute Gasteiger partial charge is 0.237 e. The van der Waals surface area contributed by atoms with Crippen molar-refractivity contribution in [2.45, 2.75) is 50.9 Å². The highest BCUT2D eigenvalue weighted by atomic mass is 28.3. The van der Waals surface area contributed by atoms with E-state index in [1.807, 2.05) is 30.3 Å². The van der Waals surface area contributed by atoms with E-state index in [0.717, 1.165) is 18.4 Å². The van der Waals surface area contributed by atoms with Crippen LogP contribution >= 0.6 is 0 Å². The zero-order valence-corrected chi connectivity index (χ0v) is 15.4. The first kappa shape index (κ1) is 17.7. The first-order valence-electron chi connectivity index (χ1n) is 8.42. The van der Waals surface area contributed by atoms with Gasteiger partial charge in [-0.1, -0.05) is 62.1 Å². The highest BCUT2D eigenvalue weighted by Crippen LogP contribution is 2.29. The van der Waals surface area contributed by atoms with Crippen molar-refractivity contribution >= 4 is 19.9 Å². The SMILES string of the molecule is C[Si](C)(C)C/C=C\CCCN1C(=O)CC(c2ccccc2)C1=O. The molecule has 2 rings (SSSR count). The molecule has 1 atom stereocenters. The summed E-state index contributed by atoms with van der Waals surface area (Å²) < 4.78 is 0. The Kier molecular flexibility index (Phi) is 5.94. The number of amides is 2. The Morgan fingerprint density at radius 1 is 1.13 bits per heavy atom. The van der Waals surface area contributed by atoms with E-state index in [4.69, 9.17) is 0 Å². The Morgan fingerprint density at radius 3 is 2.48 bits per heavy atom. The summed E-state index contributed by atoms with van der Waals surface area (Å²) in [5, 5.41) is 0. The molecule has 0 bridgehead atoms. The van der Waals surface area contributed by atoms with Gasteiger partial charge in [-0.15, -0.1) is 0 Å². The minimum absolute atomic E-state index is 0.0325. The number of benzene rings is 1. The van der Waals surface area contributed by atoms with Crippen molar-refractivity contribution in [1.82, 2.24) is 4.90 Å². The van der Waals surface area contributed by atoms with Crippen LogP contribution in [0.4, 0.5) is 0 Å². The summed E-state index contributed by atoms with van der Waals surface area (Å²) in [4.78, 5) is 26.0. The van der Waals surface area contributed by atoms with Gasteiger partial charge >= 0.3 is 0 Å². The number of unbranched alkanes of at least 4 members (excludes halogenated alkanes) is 1. The van der Waals surface area contributed by atoms with Gasteiger partial charge < -0.3 is 0 Å². The van der Waals surface area contributed by atoms with Gasteiger partial charge in [0, 0.05) is 21.0 Å². The monoisotopic (exact) mass is 329 g/mol. The van der Waals surface area contributed by atoms with E-state index in [-0.39, 0.29) is 17.7 Å². The largest absolute Gasteiger partial charge is 0.282 e. The molecule has 1 heterocycles. The minimum atomic E-state index is -1.02. The molecule has 0 radical (unpaired) electrons. The van der Waals surface area contributed by atoms with E-state index in [1.165, 1.54) is 10.9 Å². The number of hydrogen-bond donors (Lipinski definition) is 0. The predicted octanol–water partition coefficient (Wildman–Crippen LogP) is 4.20. The number of carbonyl (C=O) groups is 2. The van der Waals surface area contributed by atoms with Crippen molar-refractivity contribution in [2.24, 2.45) is 0 Å². The van der Waals surface area contributed by atoms with Gasteiger partial charge in [-0.2, -0.15) is 0 Å². The summed E-state index contributed by atoms with van der Waals surface area (Å²) in [6.07, 6.45) is 6.54. The second-order valence-corrected chi connectivity index (χ2v) is 13.0. The fraction of sp³-hybridized carbons (Fsp3) is 0.474. The Balaban J connectivity index is 1.82. The van der Waals surface area contributed by atoms with Gasteiger partial charge in [0.05, 0.1) is 5.92 Å². The number of likely N-dealkylation sites (tertiary alicyclic amines) is 1. The summed E-state index contributed by atoms with van der Waals surface area (Å²) in [6.45, 7) is 7.59. The third-order valence-electron chi connectivity index (χ3n) is 4.10. The Bertz CT molecular complexity index is 575. The number of imide groups is 1. The minimum Gasteiger partial charge on any atom is -0.282 e. The maximum Gasteiger partial charge on any atom is 0.237 e. The molecule has 4 heteroatoms. The van der Waals surface area contributed by atoms with Gasteiger partial charge in [0.25, 0.3) is 0 Å². The van der Waals surface area contributed by atoms with E-state index in [0.29, 0.717) is 13.0 Å². The molecular formula is C19H27NO2Si. The molecule has 23 heavy (non-hydrogen) atoms. The van der Waals surface area contributed by atoms with Gasteiger partial charge in [0.15, 0.2) is 0 Å². The maximum atomic E-state index is 12.5. The van der Waals surface area contributed by atoms with Crippen LogP contribution in [0.1, 0.15) is 30.7 Å². The molecule has 1 saturated heterocycles. The molecule has 1 aromatic carbocycles. The third-order valence-corrected chi connectivity index (χ3v) is 5.56. The lowest BCUT2D eigenvalue weighted by atomic mass is 9.98. The molecule has 1 aliphatic rings. The summed E-state index contributed by atoms with van der Waals surface area (Å²) in [5.41, 5.74) is 0.948. The van der Waals surface area contributed by atoms with Crippen LogP contribution in [0.25, 0.3) is 0 Å². The van der Waals surface area contributed by atoms with Crippen LogP contribution in [0.3, 0.4) is 0 Å². The molecule has 124 valence electrons. The zero-order chi connectivity index (χ0) is 16.9. The summed E-state index contributed by atoms with van der Waals surface area (Å²) in [5.74, 6) is -0.353. The second kappa shape index (κ2) is 7.73. The molecule has 1 aliphatic heterocycles. The van der Waals surface area contributed by atoms with E-state index in [2.05, 4.69) is 31.8 Å². The van der Waals surface area contributed by atoms with Crippen LogP contribution in [0.2, 0.25) is 25.7 Å². The molecule has 2 amide bonds. The Hall–Kier alpha value is -1.68. The molecule has 0 saturated carbocycles. The van der Waals surface area contributed by atoms with Gasteiger partial charge in [-0.25, -0.2) is 0 Å². The average Bonchev–Trinajstić information content (AvgIpc) is 2.78. The number of rotatable bonds is 7. The van der Waals surface area contributed by atoms with Crippen molar-refractivity contribution in [3.05, 3.63) is 48.0 Å². The van der Waals surface area contributed by atoms with Crippen molar-refractivity contribution in [3.63, 3.8) is 0 Å². The fourth-order valence-electron chi connectivity index (χ4n) is 2.79. The molecular weight excluding hydrogens is 302 g/mol. The highest BCUT2D eigenvalue weighted by Gasteiger charge is 2.38. The first-order valence-corrected chi connectivity index (χ1v) is 12.1. The van der Waals surface area contributed by atoms with E-state index in [1.54, 1.807) is 0 Å². The molecule has 0 N–H and O–H groups in total. The molecule has 0 aliphatic carbocycles. The Morgan fingerprint density at radius 2 is 1.83 bits per heavy atom. The average molecular weight is 330 g/mol. The van der Waals surface area contributed by atoms with Crippen LogP contribution in [0.5, 0.6) is 0 Å². The quantitative estimate of drug-likeness (QED) is 0.325. The maximum absolute atomic E-state index is 12.5. The van der Waals surface area contributed by atoms with E-state index in [9.17, 15) is 9.59 Å². The van der Waals surface area contributed by atoms with Crippen molar-refractivity contribution < 1.29 is 9.59 Å². The van der Waals surface area contributed by atoms with Crippen LogP contribution in [0.15, 0.2) is 42.5 Å². The van der Waals surface area contributed by atoms with Crippen LogP contribution < -0.4 is 0 Å². The van der Waals surface area contributed by atoms with Crippen molar-refractivity contribution in [3.8, 4) is 0 Å². The van der Waals surface area contributed by atoms with E-state index >= 15 is 0 Å². The molecule has 0 aromatic heterocycles. The zero-order valence-electron chi connectivity index (χ0n) is 14.4. The van der Waals surface area contributed by atoms with E-state index < -0.39 is 8.07 Å². The number of hydrogen-bond acceptors (Lipinski definition) is 2. The number of carbonyl (C=O) groups excluding carboxylic acids is 2. The molecule has 0 spiro atoms. The lowest BCUT2D eigenvalue weighted by molar-refractivity contribution is -0.138. The second-order valence-electron chi connectivity index (χ2n) is 7.43. The lowest BCUT2D eigenvalue weighted by Gasteiger charge is -2.14. The van der Waals surface area contributed by atoms with Gasteiger partial charge in [-0.05, 0) is 24.4 Å². The van der Waals surface area contributed by atoms with Crippen molar-refractivity contribution in [2.75, 3.05) is 6.54 Å². The predicted molar refractivity (Wildman–Crippen MR) is 97.0 cm³/mol. The third kappa shape index (κ3) is 5.17. The van der Waals surface area contributed by atoms with Crippen molar-refractivity contribution in [1.29, 1.82) is 0 Å². The number of nitrogens with zero attached hydrogens (tertiary/aromatic N) is 1. The van der Waals surface area contributed by atoms with Gasteiger partial charge in [0.1, 0.15) is 0 Å². The molecule has 1 aromatic rings. The Labute approximate surface area is 140 Å². The fourth-order valence-corrected chi connectivity index (χ4v) is 3.66. The van der Waals surface area contributed by atoms with Gasteiger partial charge in [0.2, 0.25) is 11.8 Å². The summed E-state index contributed by atoms with van der Waals surface area (Å²) in [7, 11) is -1.02.